The second kappa shape index (κ2) is 5.14. The zero-order valence-electron chi connectivity index (χ0n) is 10.2. The topological polar surface area (TPSA) is 88.5 Å². The molecule has 0 saturated carbocycles. The van der Waals surface area contributed by atoms with Gasteiger partial charge in [-0.05, 0) is 13.0 Å². The normalized spacial score (nSPS) is 26.1. The highest BCUT2D eigenvalue weighted by Gasteiger charge is 2.47. The molecule has 102 valence electrons. The molecule has 1 aromatic rings. The van der Waals surface area contributed by atoms with Crippen molar-refractivity contribution in [3.8, 4) is 0 Å². The molecule has 1 saturated heterocycles. The summed E-state index contributed by atoms with van der Waals surface area (Å²) < 4.78 is 5.16. The number of carboxylic acids is 1. The fourth-order valence-corrected chi connectivity index (χ4v) is 2.06. The summed E-state index contributed by atoms with van der Waals surface area (Å²) in [5.41, 5.74) is -0.923. The summed E-state index contributed by atoms with van der Waals surface area (Å²) >= 11 is 5.89. The zero-order valence-corrected chi connectivity index (χ0v) is 11.0. The number of carbonyl (C=O) groups is 2. The van der Waals surface area contributed by atoms with Crippen LogP contribution in [0.15, 0.2) is 18.5 Å². The van der Waals surface area contributed by atoms with Crippen molar-refractivity contribution in [2.45, 2.75) is 13.0 Å². The summed E-state index contributed by atoms with van der Waals surface area (Å²) in [6.07, 6.45) is 2.81. The molecule has 0 aliphatic carbocycles. The third-order valence-corrected chi connectivity index (χ3v) is 3.59. The van der Waals surface area contributed by atoms with E-state index < -0.39 is 23.3 Å². The average Bonchev–Trinajstić information content (AvgIpc) is 2.73. The van der Waals surface area contributed by atoms with E-state index in [-0.39, 0.29) is 23.8 Å². The van der Waals surface area contributed by atoms with Crippen molar-refractivity contribution in [1.29, 1.82) is 0 Å². The van der Waals surface area contributed by atoms with Crippen LogP contribution in [0.5, 0.6) is 0 Å². The van der Waals surface area contributed by atoms with Crippen LogP contribution in [0.3, 0.4) is 0 Å². The van der Waals surface area contributed by atoms with Gasteiger partial charge in [0.25, 0.3) is 5.91 Å². The molecule has 6 nitrogen and oxygen atoms in total. The van der Waals surface area contributed by atoms with Crippen LogP contribution in [0.25, 0.3) is 0 Å². The maximum Gasteiger partial charge on any atom is 0.313 e. The SMILES string of the molecule is CC1(C(=O)O)COCC1NC(=O)c1cnccc1Cl. The summed E-state index contributed by atoms with van der Waals surface area (Å²) in [7, 11) is 0. The Morgan fingerprint density at radius 1 is 1.63 bits per heavy atom. The molecule has 1 fully saturated rings. The van der Waals surface area contributed by atoms with E-state index >= 15 is 0 Å². The standard InChI is InChI=1S/C12H13ClN2O4/c1-12(11(17)18)6-19-5-9(12)15-10(16)7-4-14-3-2-8(7)13/h2-4,9H,5-6H2,1H3,(H,15,16)(H,17,18). The molecule has 1 amide bonds. The molecule has 1 aromatic heterocycles. The number of carbonyl (C=O) groups excluding carboxylic acids is 1. The molecule has 2 unspecified atom stereocenters. The number of aromatic nitrogens is 1. The molecule has 2 N–H and O–H groups in total. The minimum atomic E-state index is -1.13. The van der Waals surface area contributed by atoms with Gasteiger partial charge in [0, 0.05) is 12.4 Å². The van der Waals surface area contributed by atoms with E-state index in [0.29, 0.717) is 0 Å². The van der Waals surface area contributed by atoms with Gasteiger partial charge in [0.05, 0.1) is 29.8 Å². The van der Waals surface area contributed by atoms with Gasteiger partial charge in [-0.3, -0.25) is 14.6 Å². The Kier molecular flexibility index (Phi) is 3.73. The predicted octanol–water partition coefficient (Wildman–Crippen LogP) is 0.954. The van der Waals surface area contributed by atoms with Gasteiger partial charge < -0.3 is 15.2 Å². The van der Waals surface area contributed by atoms with Crippen LogP contribution in [0, 0.1) is 5.41 Å². The summed E-state index contributed by atoms with van der Waals surface area (Å²) in [5, 5.41) is 12.1. The van der Waals surface area contributed by atoms with E-state index in [1.807, 2.05) is 0 Å². The molecule has 1 aliphatic heterocycles. The quantitative estimate of drug-likeness (QED) is 0.863. The molecule has 2 atom stereocenters. The van der Waals surface area contributed by atoms with E-state index in [9.17, 15) is 14.7 Å². The Hall–Kier alpha value is -1.66. The Morgan fingerprint density at radius 3 is 3.00 bits per heavy atom. The van der Waals surface area contributed by atoms with Gasteiger partial charge in [-0.15, -0.1) is 0 Å². The predicted molar refractivity (Wildman–Crippen MR) is 67.1 cm³/mol. The fourth-order valence-electron chi connectivity index (χ4n) is 1.87. The third-order valence-electron chi connectivity index (χ3n) is 3.26. The molecule has 19 heavy (non-hydrogen) atoms. The highest BCUT2D eigenvalue weighted by atomic mass is 35.5. The number of nitrogens with one attached hydrogen (secondary N) is 1. The minimum Gasteiger partial charge on any atom is -0.481 e. The number of halogens is 1. The maximum atomic E-state index is 12.0. The lowest BCUT2D eigenvalue weighted by atomic mass is 9.85. The van der Waals surface area contributed by atoms with Gasteiger partial charge in [0.1, 0.15) is 5.41 Å². The highest BCUT2D eigenvalue weighted by Crippen LogP contribution is 2.29. The van der Waals surface area contributed by atoms with E-state index in [4.69, 9.17) is 16.3 Å². The van der Waals surface area contributed by atoms with Gasteiger partial charge in [0.15, 0.2) is 0 Å². The number of amides is 1. The number of carboxylic acid groups (broad SMARTS) is 1. The van der Waals surface area contributed by atoms with Gasteiger partial charge in [0.2, 0.25) is 0 Å². The van der Waals surface area contributed by atoms with Crippen molar-refractivity contribution < 1.29 is 19.4 Å². The number of hydrogen-bond acceptors (Lipinski definition) is 4. The lowest BCUT2D eigenvalue weighted by Crippen LogP contribution is -2.49. The highest BCUT2D eigenvalue weighted by molar-refractivity contribution is 6.33. The van der Waals surface area contributed by atoms with E-state index in [2.05, 4.69) is 10.3 Å². The van der Waals surface area contributed by atoms with Crippen LogP contribution >= 0.6 is 11.6 Å². The number of ether oxygens (including phenoxy) is 1. The zero-order chi connectivity index (χ0) is 14.0. The van der Waals surface area contributed by atoms with Gasteiger partial charge in [-0.2, -0.15) is 0 Å². The lowest BCUT2D eigenvalue weighted by Gasteiger charge is -2.25. The monoisotopic (exact) mass is 284 g/mol. The Morgan fingerprint density at radius 2 is 2.37 bits per heavy atom. The van der Waals surface area contributed by atoms with E-state index in [1.54, 1.807) is 0 Å². The maximum absolute atomic E-state index is 12.0. The van der Waals surface area contributed by atoms with Gasteiger partial charge >= 0.3 is 5.97 Å². The van der Waals surface area contributed by atoms with Crippen LogP contribution in [0.2, 0.25) is 5.02 Å². The van der Waals surface area contributed by atoms with Crippen LogP contribution in [-0.2, 0) is 9.53 Å². The van der Waals surface area contributed by atoms with Crippen molar-refractivity contribution in [2.75, 3.05) is 13.2 Å². The molecule has 0 aromatic carbocycles. The van der Waals surface area contributed by atoms with Crippen molar-refractivity contribution >= 4 is 23.5 Å². The first-order valence-electron chi connectivity index (χ1n) is 5.66. The van der Waals surface area contributed by atoms with Gasteiger partial charge in [-0.25, -0.2) is 0 Å². The molecule has 0 bridgehead atoms. The summed E-state index contributed by atoms with van der Waals surface area (Å²) in [6, 6.07) is 0.895. The largest absolute Gasteiger partial charge is 0.481 e. The lowest BCUT2D eigenvalue weighted by molar-refractivity contribution is -0.148. The molecule has 2 rings (SSSR count). The number of pyridine rings is 1. The van der Waals surface area contributed by atoms with Crippen LogP contribution < -0.4 is 5.32 Å². The van der Waals surface area contributed by atoms with Crippen molar-refractivity contribution in [3.63, 3.8) is 0 Å². The summed E-state index contributed by atoms with van der Waals surface area (Å²) in [6.45, 7) is 1.76. The molecular weight excluding hydrogens is 272 g/mol. The smallest absolute Gasteiger partial charge is 0.313 e. The number of aliphatic carboxylic acids is 1. The third kappa shape index (κ3) is 2.54. The molecule has 7 heteroatoms. The second-order valence-electron chi connectivity index (χ2n) is 4.62. The average molecular weight is 285 g/mol. The van der Waals surface area contributed by atoms with E-state index in [1.165, 1.54) is 25.4 Å². The second-order valence-corrected chi connectivity index (χ2v) is 5.03. The summed E-state index contributed by atoms with van der Waals surface area (Å²) in [4.78, 5) is 27.1. The van der Waals surface area contributed by atoms with Crippen LogP contribution in [0.1, 0.15) is 17.3 Å². The Bertz CT molecular complexity index is 522. The molecule has 1 aliphatic rings. The van der Waals surface area contributed by atoms with Crippen LogP contribution in [-0.4, -0.2) is 41.2 Å². The summed E-state index contributed by atoms with van der Waals surface area (Å²) in [5.74, 6) is -1.46. The number of rotatable bonds is 3. The van der Waals surface area contributed by atoms with Crippen molar-refractivity contribution in [2.24, 2.45) is 5.41 Å². The Balaban J connectivity index is 2.16. The first-order valence-corrected chi connectivity index (χ1v) is 6.04. The fraction of sp³-hybridized carbons (Fsp3) is 0.417. The minimum absolute atomic E-state index is 0.0635. The molecule has 0 spiro atoms. The molecule has 0 radical (unpaired) electrons. The molecule has 2 heterocycles. The van der Waals surface area contributed by atoms with E-state index in [0.717, 1.165) is 0 Å². The number of hydrogen-bond donors (Lipinski definition) is 2. The van der Waals surface area contributed by atoms with Crippen LogP contribution in [0.4, 0.5) is 0 Å². The first kappa shape index (κ1) is 13.8. The van der Waals surface area contributed by atoms with Crippen molar-refractivity contribution in [1.82, 2.24) is 10.3 Å². The first-order chi connectivity index (χ1) is 8.95. The van der Waals surface area contributed by atoms with Gasteiger partial charge in [-0.1, -0.05) is 11.6 Å². The van der Waals surface area contributed by atoms with Crippen molar-refractivity contribution in [3.05, 3.63) is 29.0 Å². The number of nitrogens with zero attached hydrogens (tertiary/aromatic N) is 1. The molecular formula is C12H13ClN2O4. The Labute approximate surface area is 114 Å².